The van der Waals surface area contributed by atoms with Crippen molar-refractivity contribution in [3.05, 3.63) is 29.8 Å². The first-order valence-electron chi connectivity index (χ1n) is 5.11. The number of ether oxygens (including phenoxy) is 1. The number of methoxy groups -OCH3 is 1. The van der Waals surface area contributed by atoms with Crippen LogP contribution in [0.5, 0.6) is 0 Å². The molecule has 1 saturated heterocycles. The van der Waals surface area contributed by atoms with Gasteiger partial charge in [0.25, 0.3) is 0 Å². The van der Waals surface area contributed by atoms with Crippen molar-refractivity contribution in [2.75, 3.05) is 25.1 Å². The van der Waals surface area contributed by atoms with Crippen molar-refractivity contribution in [1.82, 2.24) is 0 Å². The van der Waals surface area contributed by atoms with Crippen molar-refractivity contribution >= 4 is 5.69 Å². The Balaban J connectivity index is 2.14. The zero-order valence-electron chi connectivity index (χ0n) is 8.81. The summed E-state index contributed by atoms with van der Waals surface area (Å²) < 4.78 is 5.31. The first-order chi connectivity index (χ1) is 7.33. The van der Waals surface area contributed by atoms with Gasteiger partial charge in [-0.25, -0.2) is 0 Å². The Kier molecular flexibility index (Phi) is 2.89. The quantitative estimate of drug-likeness (QED) is 0.733. The van der Waals surface area contributed by atoms with Gasteiger partial charge in [-0.15, -0.1) is 0 Å². The number of nitriles is 1. The number of anilines is 1. The van der Waals surface area contributed by atoms with Crippen molar-refractivity contribution in [1.29, 1.82) is 5.26 Å². The molecule has 3 nitrogen and oxygen atoms in total. The van der Waals surface area contributed by atoms with E-state index in [0.29, 0.717) is 11.7 Å². The van der Waals surface area contributed by atoms with Crippen molar-refractivity contribution in [3.63, 3.8) is 0 Å². The molecule has 3 heteroatoms. The van der Waals surface area contributed by atoms with Gasteiger partial charge >= 0.3 is 0 Å². The van der Waals surface area contributed by atoms with E-state index in [1.54, 1.807) is 7.11 Å². The third-order valence-electron chi connectivity index (χ3n) is 2.82. The fourth-order valence-electron chi connectivity index (χ4n) is 1.93. The molecule has 0 saturated carbocycles. The largest absolute Gasteiger partial charge is 0.380 e. The van der Waals surface area contributed by atoms with E-state index in [2.05, 4.69) is 11.0 Å². The molecule has 0 aliphatic carbocycles. The molecule has 1 unspecified atom stereocenters. The molecule has 1 aromatic rings. The summed E-state index contributed by atoms with van der Waals surface area (Å²) >= 11 is 0. The first-order valence-corrected chi connectivity index (χ1v) is 5.11. The van der Waals surface area contributed by atoms with Gasteiger partial charge in [0.2, 0.25) is 0 Å². The number of hydrogen-bond donors (Lipinski definition) is 0. The summed E-state index contributed by atoms with van der Waals surface area (Å²) in [6.07, 6.45) is 1.39. The maximum absolute atomic E-state index is 8.81. The highest BCUT2D eigenvalue weighted by Gasteiger charge is 2.22. The van der Waals surface area contributed by atoms with E-state index < -0.39 is 0 Å². The fraction of sp³-hybridized carbons (Fsp3) is 0.417. The third kappa shape index (κ3) is 2.11. The molecule has 0 aromatic heterocycles. The van der Waals surface area contributed by atoms with Gasteiger partial charge in [0.1, 0.15) is 0 Å². The Morgan fingerprint density at radius 1 is 1.53 bits per heavy atom. The smallest absolute Gasteiger partial charge is 0.0992 e. The van der Waals surface area contributed by atoms with Gasteiger partial charge in [-0.1, -0.05) is 6.07 Å². The molecule has 0 N–H and O–H groups in total. The minimum atomic E-state index is 0.329. The van der Waals surface area contributed by atoms with Crippen LogP contribution in [0.2, 0.25) is 0 Å². The minimum Gasteiger partial charge on any atom is -0.380 e. The molecular weight excluding hydrogens is 188 g/mol. The van der Waals surface area contributed by atoms with Crippen LogP contribution in [0.15, 0.2) is 24.3 Å². The van der Waals surface area contributed by atoms with Gasteiger partial charge < -0.3 is 9.64 Å². The SMILES string of the molecule is COC1CCN(c2cccc(C#N)c2)C1. The average molecular weight is 202 g/mol. The number of nitrogens with zero attached hydrogens (tertiary/aromatic N) is 2. The monoisotopic (exact) mass is 202 g/mol. The molecule has 15 heavy (non-hydrogen) atoms. The maximum atomic E-state index is 8.81. The molecule has 1 aromatic carbocycles. The van der Waals surface area contributed by atoms with Gasteiger partial charge in [0, 0.05) is 25.9 Å². The van der Waals surface area contributed by atoms with Crippen LogP contribution in [0.3, 0.4) is 0 Å². The van der Waals surface area contributed by atoms with Crippen LogP contribution in [-0.2, 0) is 4.74 Å². The van der Waals surface area contributed by atoms with E-state index in [1.165, 1.54) is 0 Å². The van der Waals surface area contributed by atoms with Gasteiger partial charge in [-0.2, -0.15) is 5.26 Å². The van der Waals surface area contributed by atoms with E-state index in [4.69, 9.17) is 10.00 Å². The highest BCUT2D eigenvalue weighted by Crippen LogP contribution is 2.22. The van der Waals surface area contributed by atoms with Crippen molar-refractivity contribution in [2.24, 2.45) is 0 Å². The van der Waals surface area contributed by atoms with E-state index in [0.717, 1.165) is 25.2 Å². The van der Waals surface area contributed by atoms with Gasteiger partial charge in [-0.3, -0.25) is 0 Å². The lowest BCUT2D eigenvalue weighted by Gasteiger charge is -2.18. The molecular formula is C12H14N2O. The Morgan fingerprint density at radius 2 is 2.40 bits per heavy atom. The molecule has 1 atom stereocenters. The van der Waals surface area contributed by atoms with Crippen LogP contribution < -0.4 is 4.90 Å². The second-order valence-corrected chi connectivity index (χ2v) is 3.75. The van der Waals surface area contributed by atoms with Crippen LogP contribution in [-0.4, -0.2) is 26.3 Å². The molecule has 78 valence electrons. The zero-order valence-corrected chi connectivity index (χ0v) is 8.81. The van der Waals surface area contributed by atoms with Crippen LogP contribution >= 0.6 is 0 Å². The van der Waals surface area contributed by atoms with Crippen LogP contribution in [0.25, 0.3) is 0 Å². The molecule has 1 fully saturated rings. The average Bonchev–Trinajstić information content (AvgIpc) is 2.78. The number of rotatable bonds is 2. The van der Waals surface area contributed by atoms with E-state index in [1.807, 2.05) is 24.3 Å². The fourth-order valence-corrected chi connectivity index (χ4v) is 1.93. The lowest BCUT2D eigenvalue weighted by molar-refractivity contribution is 0.121. The second kappa shape index (κ2) is 4.33. The maximum Gasteiger partial charge on any atom is 0.0992 e. The summed E-state index contributed by atoms with van der Waals surface area (Å²) in [4.78, 5) is 2.26. The minimum absolute atomic E-state index is 0.329. The summed E-state index contributed by atoms with van der Waals surface area (Å²) in [5, 5.41) is 8.81. The summed E-state index contributed by atoms with van der Waals surface area (Å²) in [5.41, 5.74) is 1.84. The molecule has 1 heterocycles. The van der Waals surface area contributed by atoms with E-state index in [9.17, 15) is 0 Å². The summed E-state index contributed by atoms with van der Waals surface area (Å²) in [5.74, 6) is 0. The first kappa shape index (κ1) is 10.0. The van der Waals surface area contributed by atoms with Crippen molar-refractivity contribution in [2.45, 2.75) is 12.5 Å². The summed E-state index contributed by atoms with van der Waals surface area (Å²) in [6, 6.07) is 9.88. The Labute approximate surface area is 89.9 Å². The van der Waals surface area contributed by atoms with Crippen molar-refractivity contribution < 1.29 is 4.74 Å². The van der Waals surface area contributed by atoms with Gasteiger partial charge in [0.05, 0.1) is 17.7 Å². The van der Waals surface area contributed by atoms with Crippen LogP contribution in [0, 0.1) is 11.3 Å². The van der Waals surface area contributed by atoms with Crippen LogP contribution in [0.1, 0.15) is 12.0 Å². The second-order valence-electron chi connectivity index (χ2n) is 3.75. The molecule has 1 aliphatic rings. The lowest BCUT2D eigenvalue weighted by Crippen LogP contribution is -2.22. The predicted molar refractivity (Wildman–Crippen MR) is 58.8 cm³/mol. The number of hydrogen-bond acceptors (Lipinski definition) is 3. The highest BCUT2D eigenvalue weighted by molar-refractivity contribution is 5.52. The lowest BCUT2D eigenvalue weighted by atomic mass is 10.2. The third-order valence-corrected chi connectivity index (χ3v) is 2.82. The number of benzene rings is 1. The molecule has 0 radical (unpaired) electrons. The van der Waals surface area contributed by atoms with Gasteiger partial charge in [-0.05, 0) is 24.6 Å². The molecule has 1 aliphatic heterocycles. The zero-order chi connectivity index (χ0) is 10.7. The standard InChI is InChI=1S/C12H14N2O/c1-15-12-5-6-14(9-12)11-4-2-3-10(7-11)8-13/h2-4,7,12H,5-6,9H2,1H3. The highest BCUT2D eigenvalue weighted by atomic mass is 16.5. The summed E-state index contributed by atoms with van der Waals surface area (Å²) in [7, 11) is 1.75. The Morgan fingerprint density at radius 3 is 3.07 bits per heavy atom. The normalized spacial score (nSPS) is 20.3. The Hall–Kier alpha value is -1.53. The van der Waals surface area contributed by atoms with E-state index >= 15 is 0 Å². The molecule has 0 amide bonds. The van der Waals surface area contributed by atoms with E-state index in [-0.39, 0.29) is 0 Å². The Bertz CT molecular complexity index is 383. The van der Waals surface area contributed by atoms with Gasteiger partial charge in [0.15, 0.2) is 0 Å². The van der Waals surface area contributed by atoms with Crippen molar-refractivity contribution in [3.8, 4) is 6.07 Å². The molecule has 0 spiro atoms. The molecule has 2 rings (SSSR count). The topological polar surface area (TPSA) is 36.3 Å². The van der Waals surface area contributed by atoms with Crippen LogP contribution in [0.4, 0.5) is 5.69 Å². The molecule has 0 bridgehead atoms. The predicted octanol–water partition coefficient (Wildman–Crippen LogP) is 1.78. The summed E-state index contributed by atoms with van der Waals surface area (Å²) in [6.45, 7) is 1.93.